The molecule has 19 heavy (non-hydrogen) atoms. The lowest BCUT2D eigenvalue weighted by atomic mass is 9.87. The number of halogens is 1. The maximum absolute atomic E-state index is 11.2. The first-order valence-corrected chi connectivity index (χ1v) is 6.50. The normalized spacial score (nSPS) is 13.6. The summed E-state index contributed by atoms with van der Waals surface area (Å²) in [5, 5.41) is 22.9. The largest absolute Gasteiger partial charge is 0.481 e. The van der Waals surface area contributed by atoms with Crippen LogP contribution in [0.2, 0.25) is 0 Å². The van der Waals surface area contributed by atoms with Gasteiger partial charge in [-0.25, -0.2) is 0 Å². The highest BCUT2D eigenvalue weighted by Gasteiger charge is 2.31. The fourth-order valence-electron chi connectivity index (χ4n) is 1.45. The van der Waals surface area contributed by atoms with Crippen molar-refractivity contribution in [3.8, 4) is 0 Å². The predicted octanol–water partition coefficient (Wildman–Crippen LogP) is 3.27. The van der Waals surface area contributed by atoms with Crippen molar-refractivity contribution >= 4 is 33.3 Å². The van der Waals surface area contributed by atoms with Gasteiger partial charge in [-0.2, -0.15) is 0 Å². The number of hydrogen-bond acceptors (Lipinski definition) is 4. The van der Waals surface area contributed by atoms with Crippen LogP contribution in [0.25, 0.3) is 0 Å². The van der Waals surface area contributed by atoms with Crippen LogP contribution in [0.4, 0.5) is 11.4 Å². The molecule has 0 aliphatic rings. The SMILES string of the molecule is CCC(C)(CNc1cc(Br)ccc1[N+](=O)[O-])C(=O)O. The number of hydrogen-bond donors (Lipinski definition) is 2. The van der Waals surface area contributed by atoms with Crippen molar-refractivity contribution in [1.82, 2.24) is 0 Å². The molecule has 0 spiro atoms. The Morgan fingerprint density at radius 2 is 2.21 bits per heavy atom. The molecule has 0 aliphatic heterocycles. The van der Waals surface area contributed by atoms with Gasteiger partial charge < -0.3 is 10.4 Å². The highest BCUT2D eigenvalue weighted by molar-refractivity contribution is 9.10. The van der Waals surface area contributed by atoms with E-state index in [2.05, 4.69) is 21.2 Å². The van der Waals surface area contributed by atoms with Crippen LogP contribution in [0.5, 0.6) is 0 Å². The molecule has 1 rings (SSSR count). The van der Waals surface area contributed by atoms with Gasteiger partial charge in [-0.15, -0.1) is 0 Å². The number of carboxylic acid groups (broad SMARTS) is 1. The minimum absolute atomic E-state index is 0.0768. The van der Waals surface area contributed by atoms with Gasteiger partial charge >= 0.3 is 5.97 Å². The first kappa shape index (κ1) is 15.4. The lowest BCUT2D eigenvalue weighted by Gasteiger charge is -2.23. The number of carbonyl (C=O) groups is 1. The molecular weight excluding hydrogens is 316 g/mol. The molecule has 0 radical (unpaired) electrons. The monoisotopic (exact) mass is 330 g/mol. The molecule has 0 heterocycles. The van der Waals surface area contributed by atoms with E-state index in [4.69, 9.17) is 5.11 Å². The van der Waals surface area contributed by atoms with Gasteiger partial charge in [-0.1, -0.05) is 22.9 Å². The number of nitrogens with zero attached hydrogens (tertiary/aromatic N) is 1. The summed E-state index contributed by atoms with van der Waals surface area (Å²) in [6, 6.07) is 4.51. The zero-order valence-corrected chi connectivity index (χ0v) is 12.2. The van der Waals surface area contributed by atoms with Gasteiger partial charge in [-0.05, 0) is 25.5 Å². The summed E-state index contributed by atoms with van der Waals surface area (Å²) in [6.45, 7) is 3.49. The van der Waals surface area contributed by atoms with Crippen molar-refractivity contribution in [2.45, 2.75) is 20.3 Å². The number of rotatable bonds is 6. The molecule has 104 valence electrons. The molecule has 2 N–H and O–H groups in total. The molecule has 7 heteroatoms. The second-order valence-electron chi connectivity index (χ2n) is 4.49. The Balaban J connectivity index is 2.97. The quantitative estimate of drug-likeness (QED) is 0.616. The number of anilines is 1. The molecule has 0 amide bonds. The fraction of sp³-hybridized carbons (Fsp3) is 0.417. The summed E-state index contributed by atoms with van der Waals surface area (Å²) in [4.78, 5) is 21.6. The second-order valence-corrected chi connectivity index (χ2v) is 5.41. The number of nitrogens with one attached hydrogen (secondary N) is 1. The molecule has 1 aromatic rings. The maximum atomic E-state index is 11.2. The Bertz CT molecular complexity index is 507. The summed E-state index contributed by atoms with van der Waals surface area (Å²) >= 11 is 3.23. The van der Waals surface area contributed by atoms with Crippen molar-refractivity contribution in [2.24, 2.45) is 5.41 Å². The van der Waals surface area contributed by atoms with Crippen molar-refractivity contribution in [2.75, 3.05) is 11.9 Å². The molecule has 0 saturated heterocycles. The zero-order chi connectivity index (χ0) is 14.6. The van der Waals surface area contributed by atoms with E-state index in [9.17, 15) is 14.9 Å². The minimum atomic E-state index is -0.962. The van der Waals surface area contributed by atoms with Crippen LogP contribution in [-0.4, -0.2) is 22.5 Å². The molecule has 0 aliphatic carbocycles. The van der Waals surface area contributed by atoms with Gasteiger partial charge in [0.1, 0.15) is 5.69 Å². The van der Waals surface area contributed by atoms with Crippen LogP contribution in [0.15, 0.2) is 22.7 Å². The Morgan fingerprint density at radius 1 is 1.58 bits per heavy atom. The van der Waals surface area contributed by atoms with E-state index in [0.717, 1.165) is 0 Å². The summed E-state index contributed by atoms with van der Waals surface area (Å²) in [5.41, 5.74) is -0.733. The van der Waals surface area contributed by atoms with Crippen molar-refractivity contribution in [3.05, 3.63) is 32.8 Å². The molecule has 1 atom stereocenters. The van der Waals surface area contributed by atoms with Crippen LogP contribution < -0.4 is 5.32 Å². The van der Waals surface area contributed by atoms with E-state index in [-0.39, 0.29) is 12.2 Å². The van der Waals surface area contributed by atoms with Crippen LogP contribution >= 0.6 is 15.9 Å². The molecule has 6 nitrogen and oxygen atoms in total. The molecule has 0 bridgehead atoms. The third-order valence-corrected chi connectivity index (χ3v) is 3.61. The van der Waals surface area contributed by atoms with Crippen LogP contribution in [0, 0.1) is 15.5 Å². The lowest BCUT2D eigenvalue weighted by molar-refractivity contribution is -0.384. The standard InChI is InChI=1S/C12H15BrN2O4/c1-3-12(2,11(16)17)7-14-9-6-8(13)4-5-10(9)15(18)19/h4-6,14H,3,7H2,1-2H3,(H,16,17). The molecular formula is C12H15BrN2O4. The average Bonchev–Trinajstić information content (AvgIpc) is 2.35. The summed E-state index contributed by atoms with van der Waals surface area (Å²) < 4.78 is 0.689. The van der Waals surface area contributed by atoms with Gasteiger partial charge in [0.15, 0.2) is 0 Å². The molecule has 0 fully saturated rings. The zero-order valence-electron chi connectivity index (χ0n) is 10.6. The number of carboxylic acids is 1. The summed E-state index contributed by atoms with van der Waals surface area (Å²) in [6.07, 6.45) is 0.428. The Labute approximate surface area is 119 Å². The van der Waals surface area contributed by atoms with Crippen LogP contribution in [0.1, 0.15) is 20.3 Å². The highest BCUT2D eigenvalue weighted by atomic mass is 79.9. The van der Waals surface area contributed by atoms with Gasteiger partial charge in [0.05, 0.1) is 10.3 Å². The Kier molecular flexibility index (Phi) is 4.88. The summed E-state index contributed by atoms with van der Waals surface area (Å²) in [7, 11) is 0. The van der Waals surface area contributed by atoms with Gasteiger partial charge in [-0.3, -0.25) is 14.9 Å². The Hall–Kier alpha value is -1.63. The molecule has 1 aromatic carbocycles. The average molecular weight is 331 g/mol. The van der Waals surface area contributed by atoms with Crippen molar-refractivity contribution in [3.63, 3.8) is 0 Å². The first-order chi connectivity index (χ1) is 8.80. The smallest absolute Gasteiger partial charge is 0.311 e. The maximum Gasteiger partial charge on any atom is 0.311 e. The number of nitro groups is 1. The van der Waals surface area contributed by atoms with Crippen LogP contribution in [0.3, 0.4) is 0 Å². The number of aliphatic carboxylic acids is 1. The third-order valence-electron chi connectivity index (χ3n) is 3.12. The van der Waals surface area contributed by atoms with Crippen LogP contribution in [-0.2, 0) is 4.79 Å². The Morgan fingerprint density at radius 3 is 2.68 bits per heavy atom. The number of nitro benzene ring substituents is 1. The molecule has 1 unspecified atom stereocenters. The minimum Gasteiger partial charge on any atom is -0.481 e. The van der Waals surface area contributed by atoms with Gasteiger partial charge in [0.25, 0.3) is 5.69 Å². The van der Waals surface area contributed by atoms with Crippen molar-refractivity contribution in [1.29, 1.82) is 0 Å². The number of benzene rings is 1. The van der Waals surface area contributed by atoms with E-state index in [0.29, 0.717) is 16.6 Å². The third kappa shape index (κ3) is 3.66. The molecule has 0 saturated carbocycles. The fourth-order valence-corrected chi connectivity index (χ4v) is 1.81. The van der Waals surface area contributed by atoms with Gasteiger partial charge in [0.2, 0.25) is 0 Å². The summed E-state index contributed by atoms with van der Waals surface area (Å²) in [5.74, 6) is -0.930. The first-order valence-electron chi connectivity index (χ1n) is 5.71. The second kappa shape index (κ2) is 6.01. The van der Waals surface area contributed by atoms with E-state index in [1.54, 1.807) is 26.0 Å². The van der Waals surface area contributed by atoms with E-state index < -0.39 is 16.3 Å². The predicted molar refractivity (Wildman–Crippen MR) is 75.3 cm³/mol. The van der Waals surface area contributed by atoms with E-state index in [1.807, 2.05) is 0 Å². The van der Waals surface area contributed by atoms with E-state index in [1.165, 1.54) is 6.07 Å². The lowest BCUT2D eigenvalue weighted by Crippen LogP contribution is -2.34. The van der Waals surface area contributed by atoms with E-state index >= 15 is 0 Å². The highest BCUT2D eigenvalue weighted by Crippen LogP contribution is 2.30. The van der Waals surface area contributed by atoms with Gasteiger partial charge in [0, 0.05) is 17.1 Å². The van der Waals surface area contributed by atoms with Crippen molar-refractivity contribution < 1.29 is 14.8 Å². The molecule has 0 aromatic heterocycles. The topological polar surface area (TPSA) is 92.5 Å².